The van der Waals surface area contributed by atoms with Crippen molar-refractivity contribution in [1.29, 1.82) is 0 Å². The van der Waals surface area contributed by atoms with Gasteiger partial charge in [0.25, 0.3) is 0 Å². The van der Waals surface area contributed by atoms with Gasteiger partial charge in [-0.05, 0) is 12.1 Å². The Bertz CT molecular complexity index is 546. The number of carbonyl (C=O) groups is 2. The Morgan fingerprint density at radius 3 is 2.50 bits per heavy atom. The van der Waals surface area contributed by atoms with Crippen LogP contribution in [0.25, 0.3) is 0 Å². The molecular weight excluding hydrogens is 308 g/mol. The number of aliphatic hydroxyl groups excluding tert-OH is 2. The van der Waals surface area contributed by atoms with Crippen LogP contribution < -0.4 is 4.90 Å². The van der Waals surface area contributed by atoms with Crippen molar-refractivity contribution in [3.63, 3.8) is 0 Å². The van der Waals surface area contributed by atoms with Gasteiger partial charge in [-0.3, -0.25) is 9.59 Å². The third-order valence-corrected chi connectivity index (χ3v) is 3.99. The van der Waals surface area contributed by atoms with Crippen LogP contribution >= 0.6 is 11.6 Å². The molecular formula is C15H19ClN2O4. The van der Waals surface area contributed by atoms with Gasteiger partial charge < -0.3 is 20.0 Å². The van der Waals surface area contributed by atoms with Crippen molar-refractivity contribution < 1.29 is 19.8 Å². The fourth-order valence-corrected chi connectivity index (χ4v) is 2.85. The smallest absolute Gasteiger partial charge is 0.228 e. The maximum Gasteiger partial charge on any atom is 0.228 e. The molecule has 2 amide bonds. The summed E-state index contributed by atoms with van der Waals surface area (Å²) in [5, 5.41) is 18.5. The van der Waals surface area contributed by atoms with E-state index in [1.165, 1.54) is 9.80 Å². The van der Waals surface area contributed by atoms with Gasteiger partial charge >= 0.3 is 0 Å². The molecule has 1 unspecified atom stereocenters. The van der Waals surface area contributed by atoms with Gasteiger partial charge in [0.15, 0.2) is 0 Å². The van der Waals surface area contributed by atoms with Crippen LogP contribution in [0.15, 0.2) is 24.3 Å². The quantitative estimate of drug-likeness (QED) is 0.798. The highest BCUT2D eigenvalue weighted by atomic mass is 35.5. The summed E-state index contributed by atoms with van der Waals surface area (Å²) in [5.41, 5.74) is 0.598. The lowest BCUT2D eigenvalue weighted by molar-refractivity contribution is -0.136. The summed E-state index contributed by atoms with van der Waals surface area (Å²) in [6, 6.07) is 7.00. The molecule has 1 aromatic rings. The first-order valence-electron chi connectivity index (χ1n) is 7.14. The van der Waals surface area contributed by atoms with Crippen LogP contribution in [0, 0.1) is 5.92 Å². The summed E-state index contributed by atoms with van der Waals surface area (Å²) in [5.74, 6) is -0.868. The van der Waals surface area contributed by atoms with Crippen LogP contribution in [-0.2, 0) is 9.59 Å². The fraction of sp³-hybridized carbons (Fsp3) is 0.467. The van der Waals surface area contributed by atoms with Crippen molar-refractivity contribution in [2.75, 3.05) is 37.7 Å². The Morgan fingerprint density at radius 1 is 1.27 bits per heavy atom. The summed E-state index contributed by atoms with van der Waals surface area (Å²) in [6.07, 6.45) is 0.109. The lowest BCUT2D eigenvalue weighted by Gasteiger charge is -2.24. The zero-order chi connectivity index (χ0) is 16.1. The summed E-state index contributed by atoms with van der Waals surface area (Å²) < 4.78 is 0. The van der Waals surface area contributed by atoms with Crippen molar-refractivity contribution in [3.8, 4) is 0 Å². The summed E-state index contributed by atoms with van der Waals surface area (Å²) >= 11 is 6.10. The maximum absolute atomic E-state index is 12.4. The van der Waals surface area contributed by atoms with Crippen molar-refractivity contribution in [2.24, 2.45) is 5.92 Å². The highest BCUT2D eigenvalue weighted by Crippen LogP contribution is 2.31. The summed E-state index contributed by atoms with van der Waals surface area (Å²) in [4.78, 5) is 27.5. The van der Waals surface area contributed by atoms with Gasteiger partial charge in [-0.25, -0.2) is 0 Å². The second-order valence-corrected chi connectivity index (χ2v) is 5.54. The minimum absolute atomic E-state index is 0.109. The number of anilines is 1. The van der Waals surface area contributed by atoms with E-state index in [1.807, 2.05) is 0 Å². The van der Waals surface area contributed by atoms with Crippen LogP contribution in [0.4, 0.5) is 5.69 Å². The number of halogens is 1. The molecule has 7 heteroatoms. The van der Waals surface area contributed by atoms with Crippen molar-refractivity contribution in [1.82, 2.24) is 4.90 Å². The van der Waals surface area contributed by atoms with Gasteiger partial charge in [-0.2, -0.15) is 0 Å². The number of hydrogen-bond donors (Lipinski definition) is 2. The largest absolute Gasteiger partial charge is 0.395 e. The Morgan fingerprint density at radius 2 is 1.91 bits per heavy atom. The number of amides is 2. The molecule has 1 fully saturated rings. The molecule has 0 aliphatic carbocycles. The Balaban J connectivity index is 2.11. The second-order valence-electron chi connectivity index (χ2n) is 5.13. The second kappa shape index (κ2) is 7.58. The van der Waals surface area contributed by atoms with Gasteiger partial charge in [0.05, 0.1) is 29.8 Å². The predicted molar refractivity (Wildman–Crippen MR) is 82.7 cm³/mol. The highest BCUT2D eigenvalue weighted by molar-refractivity contribution is 6.33. The van der Waals surface area contributed by atoms with Gasteiger partial charge in [-0.1, -0.05) is 23.7 Å². The Kier molecular flexibility index (Phi) is 5.76. The Hall–Kier alpha value is -1.63. The molecule has 0 radical (unpaired) electrons. The van der Waals surface area contributed by atoms with E-state index in [2.05, 4.69) is 0 Å². The van der Waals surface area contributed by atoms with Gasteiger partial charge in [-0.15, -0.1) is 0 Å². The van der Waals surface area contributed by atoms with Crippen molar-refractivity contribution in [3.05, 3.63) is 29.3 Å². The van der Waals surface area contributed by atoms with Crippen molar-refractivity contribution in [2.45, 2.75) is 6.42 Å². The fourth-order valence-electron chi connectivity index (χ4n) is 2.61. The summed E-state index contributed by atoms with van der Waals surface area (Å²) in [6.45, 7) is 0.197. The molecule has 2 rings (SSSR count). The average Bonchev–Trinajstić information content (AvgIpc) is 2.88. The van der Waals surface area contributed by atoms with Crippen molar-refractivity contribution >= 4 is 29.1 Å². The standard InChI is InChI=1S/C15H19ClN2O4/c16-12-3-1-2-4-13(12)18-10-11(9-14(18)21)15(22)17(5-7-19)6-8-20/h1-4,11,19-20H,5-10H2. The minimum Gasteiger partial charge on any atom is -0.395 e. The van der Waals surface area contributed by atoms with Crippen LogP contribution in [0.3, 0.4) is 0 Å². The predicted octanol–water partition coefficient (Wildman–Crippen LogP) is 0.506. The van der Waals surface area contributed by atoms with Crippen LogP contribution in [0.1, 0.15) is 6.42 Å². The number of benzene rings is 1. The topological polar surface area (TPSA) is 81.1 Å². The molecule has 0 spiro atoms. The van der Waals surface area contributed by atoms with E-state index in [9.17, 15) is 9.59 Å². The van der Waals surface area contributed by atoms with E-state index in [0.717, 1.165) is 0 Å². The molecule has 120 valence electrons. The van der Waals surface area contributed by atoms with Crippen LogP contribution in [-0.4, -0.2) is 59.8 Å². The number of para-hydroxylation sites is 1. The van der Waals surface area contributed by atoms with Crippen LogP contribution in [0.5, 0.6) is 0 Å². The normalized spacial score (nSPS) is 17.9. The first kappa shape index (κ1) is 16.7. The molecule has 1 saturated heterocycles. The van der Waals surface area contributed by atoms with Gasteiger partial charge in [0, 0.05) is 26.1 Å². The molecule has 1 aromatic carbocycles. The SMILES string of the molecule is O=C(C1CC(=O)N(c2ccccc2Cl)C1)N(CCO)CCO. The molecule has 0 bridgehead atoms. The number of nitrogens with zero attached hydrogens (tertiary/aromatic N) is 2. The van der Waals surface area contributed by atoms with Gasteiger partial charge in [0.2, 0.25) is 11.8 Å². The van der Waals surface area contributed by atoms with E-state index in [1.54, 1.807) is 24.3 Å². The molecule has 1 aliphatic heterocycles. The zero-order valence-corrected chi connectivity index (χ0v) is 12.9. The van der Waals surface area contributed by atoms with E-state index in [4.69, 9.17) is 21.8 Å². The maximum atomic E-state index is 12.4. The molecule has 0 aromatic heterocycles. The number of hydrogen-bond acceptors (Lipinski definition) is 4. The van der Waals surface area contributed by atoms with Gasteiger partial charge in [0.1, 0.15) is 0 Å². The molecule has 22 heavy (non-hydrogen) atoms. The molecule has 2 N–H and O–H groups in total. The number of rotatable bonds is 6. The third kappa shape index (κ3) is 3.58. The molecule has 1 aliphatic rings. The van der Waals surface area contributed by atoms with E-state index >= 15 is 0 Å². The van der Waals surface area contributed by atoms with Crippen LogP contribution in [0.2, 0.25) is 5.02 Å². The Labute approximate surface area is 133 Å². The molecule has 0 saturated carbocycles. The monoisotopic (exact) mass is 326 g/mol. The first-order chi connectivity index (χ1) is 10.6. The third-order valence-electron chi connectivity index (χ3n) is 3.67. The molecule has 1 heterocycles. The molecule has 1 atom stereocenters. The number of aliphatic hydroxyl groups is 2. The lowest BCUT2D eigenvalue weighted by atomic mass is 10.1. The number of carbonyl (C=O) groups excluding carboxylic acids is 2. The van der Waals surface area contributed by atoms with E-state index in [-0.39, 0.29) is 51.1 Å². The summed E-state index contributed by atoms with van der Waals surface area (Å²) in [7, 11) is 0. The molecule has 6 nitrogen and oxygen atoms in total. The lowest BCUT2D eigenvalue weighted by Crippen LogP contribution is -2.40. The zero-order valence-electron chi connectivity index (χ0n) is 12.1. The van der Waals surface area contributed by atoms with E-state index < -0.39 is 5.92 Å². The minimum atomic E-state index is -0.484. The average molecular weight is 327 g/mol. The first-order valence-corrected chi connectivity index (χ1v) is 7.51. The van der Waals surface area contributed by atoms with E-state index in [0.29, 0.717) is 10.7 Å². The highest BCUT2D eigenvalue weighted by Gasteiger charge is 2.37.